The van der Waals surface area contributed by atoms with Crippen LogP contribution in [0.1, 0.15) is 55.7 Å². The fraction of sp³-hybridized carbons (Fsp3) is 0.414. The van der Waals surface area contributed by atoms with E-state index < -0.39 is 47.0 Å². The van der Waals surface area contributed by atoms with Crippen molar-refractivity contribution in [3.05, 3.63) is 82.4 Å². The molecular formula is C29H29ClF6N4O3. The van der Waals surface area contributed by atoms with Crippen LogP contribution in [0.2, 0.25) is 5.02 Å². The average Bonchev–Trinajstić information content (AvgIpc) is 3.54. The smallest absolute Gasteiger partial charge is 0.475 e. The Bertz CT molecular complexity index is 1490. The van der Waals surface area contributed by atoms with E-state index >= 15 is 0 Å². The summed E-state index contributed by atoms with van der Waals surface area (Å²) >= 11 is 5.97. The molecule has 0 radical (unpaired) electrons. The van der Waals surface area contributed by atoms with Gasteiger partial charge in [-0.3, -0.25) is 4.79 Å². The van der Waals surface area contributed by atoms with Crippen LogP contribution in [0.15, 0.2) is 48.7 Å². The molecule has 0 bridgehead atoms. The maximum absolute atomic E-state index is 14.6. The molecule has 1 saturated carbocycles. The molecule has 1 amide bonds. The van der Waals surface area contributed by atoms with E-state index in [1.54, 1.807) is 23.0 Å². The first kappa shape index (κ1) is 32.3. The highest BCUT2D eigenvalue weighted by Gasteiger charge is 2.46. The number of amides is 1. The van der Waals surface area contributed by atoms with Crippen molar-refractivity contribution in [1.82, 2.24) is 14.7 Å². The summed E-state index contributed by atoms with van der Waals surface area (Å²) in [5.41, 5.74) is 7.81. The number of aliphatic carboxylic acids is 1. The minimum atomic E-state index is -5.08. The van der Waals surface area contributed by atoms with Crippen molar-refractivity contribution in [2.75, 3.05) is 13.1 Å². The van der Waals surface area contributed by atoms with Gasteiger partial charge >= 0.3 is 12.1 Å². The number of carboxylic acid groups (broad SMARTS) is 1. The highest BCUT2D eigenvalue weighted by molar-refractivity contribution is 6.30. The molecule has 2 aliphatic rings. The van der Waals surface area contributed by atoms with Crippen LogP contribution in [0.4, 0.5) is 26.3 Å². The van der Waals surface area contributed by atoms with E-state index in [0.717, 1.165) is 24.6 Å². The van der Waals surface area contributed by atoms with Crippen molar-refractivity contribution in [2.45, 2.75) is 56.2 Å². The van der Waals surface area contributed by atoms with Crippen LogP contribution < -0.4 is 5.73 Å². The lowest BCUT2D eigenvalue weighted by atomic mass is 9.86. The molecule has 0 unspecified atom stereocenters. The van der Waals surface area contributed by atoms with E-state index in [9.17, 15) is 31.1 Å². The predicted molar refractivity (Wildman–Crippen MR) is 145 cm³/mol. The molecule has 1 aliphatic carbocycles. The monoisotopic (exact) mass is 630 g/mol. The van der Waals surface area contributed by atoms with Gasteiger partial charge < -0.3 is 15.7 Å². The zero-order valence-corrected chi connectivity index (χ0v) is 23.7. The number of carbonyl (C=O) groups excluding carboxylic acids is 1. The average molecular weight is 631 g/mol. The summed E-state index contributed by atoms with van der Waals surface area (Å²) in [6.07, 6.45) is -1.01. The molecule has 1 aliphatic heterocycles. The number of nitrogens with two attached hydrogens (primary N) is 1. The van der Waals surface area contributed by atoms with Gasteiger partial charge in [0.2, 0.25) is 5.91 Å². The van der Waals surface area contributed by atoms with E-state index in [1.807, 2.05) is 17.9 Å². The Hall–Kier alpha value is -3.58. The molecule has 14 heteroatoms. The van der Waals surface area contributed by atoms with Crippen LogP contribution in [-0.2, 0) is 9.59 Å². The van der Waals surface area contributed by atoms with Gasteiger partial charge in [0.25, 0.3) is 0 Å². The number of benzene rings is 2. The molecule has 1 saturated heterocycles. The standard InChI is InChI=1S/C27H28ClF3N4O.C2HF3O2/c1-27(32)14-20(19-4-2-17(29)12-24(19)31)21(15-27)26(36)34-10-7-16(8-11-34)25-6-9-33-35(25)18-3-5-23(30)22(28)13-18;3-2(4,5)1(6)7/h2-6,9,12-13,16,20-21H,7-8,10-11,14-15,32H2,1H3;(H,6,7)/t20-,21+,27-;/m0./s1. The van der Waals surface area contributed by atoms with Crippen LogP contribution >= 0.6 is 11.6 Å². The van der Waals surface area contributed by atoms with E-state index in [4.69, 9.17) is 27.2 Å². The summed E-state index contributed by atoms with van der Waals surface area (Å²) in [5, 5.41) is 11.6. The molecule has 0 spiro atoms. The summed E-state index contributed by atoms with van der Waals surface area (Å²) in [6.45, 7) is 2.98. The molecule has 7 nitrogen and oxygen atoms in total. The van der Waals surface area contributed by atoms with E-state index in [2.05, 4.69) is 5.10 Å². The first-order valence-corrected chi connectivity index (χ1v) is 13.8. The molecule has 3 N–H and O–H groups in total. The number of rotatable bonds is 4. The van der Waals surface area contributed by atoms with Gasteiger partial charge in [-0.2, -0.15) is 18.3 Å². The fourth-order valence-corrected chi connectivity index (χ4v) is 6.02. The number of halogens is 7. The van der Waals surface area contributed by atoms with Crippen molar-refractivity contribution in [1.29, 1.82) is 0 Å². The number of aromatic nitrogens is 2. The largest absolute Gasteiger partial charge is 0.490 e. The second-order valence-electron chi connectivity index (χ2n) is 11.1. The molecule has 2 fully saturated rings. The Balaban J connectivity index is 0.000000541. The minimum Gasteiger partial charge on any atom is -0.475 e. The highest BCUT2D eigenvalue weighted by atomic mass is 35.5. The normalized spacial score (nSPS) is 22.7. The Kier molecular flexibility index (Phi) is 9.45. The summed E-state index contributed by atoms with van der Waals surface area (Å²) in [5.74, 6) is -5.24. The Labute approximate surface area is 248 Å². The number of carbonyl (C=O) groups is 2. The molecule has 1 aromatic heterocycles. The van der Waals surface area contributed by atoms with Gasteiger partial charge in [-0.25, -0.2) is 22.6 Å². The van der Waals surface area contributed by atoms with E-state index in [0.29, 0.717) is 37.2 Å². The third-order valence-corrected chi connectivity index (χ3v) is 8.11. The van der Waals surface area contributed by atoms with Crippen molar-refractivity contribution in [3.8, 4) is 5.69 Å². The van der Waals surface area contributed by atoms with Gasteiger partial charge in [-0.1, -0.05) is 17.7 Å². The molecule has 2 aromatic carbocycles. The first-order valence-electron chi connectivity index (χ1n) is 13.4. The number of nitrogens with zero attached hydrogens (tertiary/aromatic N) is 3. The lowest BCUT2D eigenvalue weighted by molar-refractivity contribution is -0.192. The van der Waals surface area contributed by atoms with Crippen molar-refractivity contribution in [3.63, 3.8) is 0 Å². The maximum Gasteiger partial charge on any atom is 0.490 e. The third kappa shape index (κ3) is 7.50. The zero-order valence-electron chi connectivity index (χ0n) is 22.9. The predicted octanol–water partition coefficient (Wildman–Crippen LogP) is 6.19. The van der Waals surface area contributed by atoms with Crippen LogP contribution in [0.5, 0.6) is 0 Å². The molecule has 43 heavy (non-hydrogen) atoms. The Morgan fingerprint density at radius 3 is 2.26 bits per heavy atom. The van der Waals surface area contributed by atoms with Crippen molar-refractivity contribution in [2.24, 2.45) is 11.7 Å². The summed E-state index contributed by atoms with van der Waals surface area (Å²) in [7, 11) is 0. The summed E-state index contributed by atoms with van der Waals surface area (Å²) < 4.78 is 75.2. The quantitative estimate of drug-likeness (QED) is 0.335. The van der Waals surface area contributed by atoms with Crippen LogP contribution in [0, 0.1) is 23.4 Å². The number of likely N-dealkylation sites (tertiary alicyclic amines) is 1. The molecule has 5 rings (SSSR count). The number of hydrogen-bond donors (Lipinski definition) is 2. The van der Waals surface area contributed by atoms with Crippen LogP contribution in [0.25, 0.3) is 5.69 Å². The van der Waals surface area contributed by atoms with Crippen LogP contribution in [0.3, 0.4) is 0 Å². The molecule has 2 heterocycles. The van der Waals surface area contributed by atoms with Gasteiger partial charge in [-0.05, 0) is 68.5 Å². The SMILES string of the molecule is C[C@@]1(N)C[C@@H](C(=O)N2CCC(c3ccnn3-c3ccc(F)c(Cl)c3)CC2)[C@H](c2ccc(F)cc2F)C1.O=C(O)C(F)(F)F. The topological polar surface area (TPSA) is 101 Å². The molecular weight excluding hydrogens is 602 g/mol. The highest BCUT2D eigenvalue weighted by Crippen LogP contribution is 2.46. The Morgan fingerprint density at radius 2 is 1.67 bits per heavy atom. The second-order valence-corrected chi connectivity index (χ2v) is 11.5. The van der Waals surface area contributed by atoms with Crippen molar-refractivity contribution < 1.29 is 41.0 Å². The maximum atomic E-state index is 14.6. The van der Waals surface area contributed by atoms with Gasteiger partial charge in [0, 0.05) is 54.3 Å². The second kappa shape index (κ2) is 12.6. The molecule has 3 aromatic rings. The van der Waals surface area contributed by atoms with Crippen LogP contribution in [-0.4, -0.2) is 56.5 Å². The third-order valence-electron chi connectivity index (χ3n) is 7.82. The van der Waals surface area contributed by atoms with E-state index in [1.165, 1.54) is 18.2 Å². The first-order chi connectivity index (χ1) is 20.1. The summed E-state index contributed by atoms with van der Waals surface area (Å²) in [6, 6.07) is 9.97. The minimum absolute atomic E-state index is 0.0322. The van der Waals surface area contributed by atoms with Gasteiger partial charge in [0.1, 0.15) is 17.5 Å². The fourth-order valence-electron chi connectivity index (χ4n) is 5.85. The molecule has 3 atom stereocenters. The number of hydrogen-bond acceptors (Lipinski definition) is 4. The molecule has 232 valence electrons. The Morgan fingerprint density at radius 1 is 1.02 bits per heavy atom. The zero-order chi connectivity index (χ0) is 31.7. The number of piperidine rings is 1. The van der Waals surface area contributed by atoms with Crippen molar-refractivity contribution >= 4 is 23.5 Å². The number of alkyl halides is 3. The summed E-state index contributed by atoms with van der Waals surface area (Å²) in [4.78, 5) is 24.3. The lowest BCUT2D eigenvalue weighted by Gasteiger charge is -2.35. The van der Waals surface area contributed by atoms with Gasteiger partial charge in [-0.15, -0.1) is 0 Å². The number of carboxylic acids is 1. The van der Waals surface area contributed by atoms with Gasteiger partial charge in [0.15, 0.2) is 0 Å². The van der Waals surface area contributed by atoms with Gasteiger partial charge in [0.05, 0.1) is 10.7 Å². The lowest BCUT2D eigenvalue weighted by Crippen LogP contribution is -2.43. The van der Waals surface area contributed by atoms with E-state index in [-0.39, 0.29) is 16.8 Å².